The number of benzene rings is 2. The predicted molar refractivity (Wildman–Crippen MR) is 129 cm³/mol. The first-order chi connectivity index (χ1) is 16.0. The van der Waals surface area contributed by atoms with Crippen LogP contribution >= 0.6 is 0 Å². The molecule has 7 nitrogen and oxygen atoms in total. The van der Waals surface area contributed by atoms with E-state index in [4.69, 9.17) is 10.00 Å². The molecular formula is C26H27N5O2. The normalized spacial score (nSPS) is 11.8. The Labute approximate surface area is 194 Å². The first-order valence-electron chi connectivity index (χ1n) is 10.9. The average molecular weight is 442 g/mol. The number of amides is 1. The minimum Gasteiger partial charge on any atom is -0.457 e. The van der Waals surface area contributed by atoms with E-state index in [1.54, 1.807) is 42.7 Å². The molecule has 0 radical (unpaired) electrons. The smallest absolute Gasteiger partial charge is 0.238 e. The lowest BCUT2D eigenvalue weighted by molar-refractivity contribution is -0.116. The van der Waals surface area contributed by atoms with Gasteiger partial charge in [0.05, 0.1) is 17.6 Å². The van der Waals surface area contributed by atoms with Crippen LogP contribution in [0.2, 0.25) is 0 Å². The Bertz CT molecular complexity index is 1130. The lowest BCUT2D eigenvalue weighted by Crippen LogP contribution is -2.23. The zero-order valence-electron chi connectivity index (χ0n) is 19.0. The first-order valence-corrected chi connectivity index (χ1v) is 10.9. The van der Waals surface area contributed by atoms with E-state index in [0.717, 1.165) is 5.56 Å². The Morgan fingerprint density at radius 3 is 2.39 bits per heavy atom. The molecule has 1 amide bonds. The standard InChI is InChI=1S/C26H27N5O2/c1-4-24-29-14-13-25(30-24)31-26(32)23(17-28-16-18(2)3)20-7-11-22(12-8-20)33-21-9-5-19(15-27)6-10-21/h5-14,17-18,23H,4,16H2,1-3H3,(H,29,30,31,32). The van der Waals surface area contributed by atoms with Gasteiger partial charge < -0.3 is 10.1 Å². The molecular weight excluding hydrogens is 414 g/mol. The van der Waals surface area contributed by atoms with Gasteiger partial charge in [-0.05, 0) is 53.9 Å². The molecule has 1 aromatic heterocycles. The second kappa shape index (κ2) is 11.5. The van der Waals surface area contributed by atoms with Crippen molar-refractivity contribution in [3.05, 3.63) is 77.7 Å². The maximum atomic E-state index is 13.1. The van der Waals surface area contributed by atoms with Crippen LogP contribution in [0.3, 0.4) is 0 Å². The first kappa shape index (κ1) is 23.6. The molecule has 1 unspecified atom stereocenters. The van der Waals surface area contributed by atoms with Crippen molar-refractivity contribution in [3.63, 3.8) is 0 Å². The van der Waals surface area contributed by atoms with Gasteiger partial charge in [0.2, 0.25) is 5.91 Å². The summed E-state index contributed by atoms with van der Waals surface area (Å²) in [6.45, 7) is 6.75. The molecule has 1 atom stereocenters. The number of nitriles is 1. The second-order valence-electron chi connectivity index (χ2n) is 7.89. The van der Waals surface area contributed by atoms with Crippen LogP contribution in [0.1, 0.15) is 43.6 Å². The summed E-state index contributed by atoms with van der Waals surface area (Å²) in [6, 6.07) is 18.0. The topological polar surface area (TPSA) is 100 Å². The number of aliphatic imine (C=N–C) groups is 1. The molecule has 0 spiro atoms. The van der Waals surface area contributed by atoms with Crippen molar-refractivity contribution in [2.24, 2.45) is 10.9 Å². The quantitative estimate of drug-likeness (QED) is 0.463. The Balaban J connectivity index is 1.78. The number of rotatable bonds is 9. The average Bonchev–Trinajstić information content (AvgIpc) is 2.83. The molecule has 0 saturated carbocycles. The van der Waals surface area contributed by atoms with Crippen molar-refractivity contribution in [1.82, 2.24) is 9.97 Å². The maximum Gasteiger partial charge on any atom is 0.238 e. The molecule has 3 aromatic rings. The molecule has 0 aliphatic heterocycles. The molecule has 1 N–H and O–H groups in total. The minimum atomic E-state index is -0.576. The summed E-state index contributed by atoms with van der Waals surface area (Å²) in [5.41, 5.74) is 1.36. The van der Waals surface area contributed by atoms with Gasteiger partial charge in [-0.3, -0.25) is 9.79 Å². The van der Waals surface area contributed by atoms with E-state index in [9.17, 15) is 4.79 Å². The predicted octanol–water partition coefficient (Wildman–Crippen LogP) is 5.15. The van der Waals surface area contributed by atoms with Gasteiger partial charge in [-0.25, -0.2) is 9.97 Å². The molecule has 168 valence electrons. The fraction of sp³-hybridized carbons (Fsp3) is 0.269. The lowest BCUT2D eigenvalue weighted by atomic mass is 9.99. The number of nitrogens with zero attached hydrogens (tertiary/aromatic N) is 4. The number of anilines is 1. The van der Waals surface area contributed by atoms with Crippen molar-refractivity contribution < 1.29 is 9.53 Å². The molecule has 33 heavy (non-hydrogen) atoms. The number of aromatic nitrogens is 2. The molecule has 0 aliphatic rings. The van der Waals surface area contributed by atoms with Crippen molar-refractivity contribution in [1.29, 1.82) is 5.26 Å². The summed E-state index contributed by atoms with van der Waals surface area (Å²) in [6.07, 6.45) is 4.01. The maximum absolute atomic E-state index is 13.1. The Kier molecular flexibility index (Phi) is 8.25. The SMILES string of the molecule is CCc1nccc(NC(=O)C(C=NCC(C)C)c2ccc(Oc3ccc(C#N)cc3)cc2)n1. The number of carbonyl (C=O) groups excluding carboxylic acids is 1. The van der Waals surface area contributed by atoms with Gasteiger partial charge in [0.25, 0.3) is 0 Å². The van der Waals surface area contributed by atoms with Crippen LogP contribution in [0.5, 0.6) is 11.5 Å². The van der Waals surface area contributed by atoms with Crippen LogP contribution in [0.15, 0.2) is 65.8 Å². The highest BCUT2D eigenvalue weighted by molar-refractivity contribution is 6.06. The Morgan fingerprint density at radius 1 is 1.12 bits per heavy atom. The van der Waals surface area contributed by atoms with Gasteiger partial charge in [0, 0.05) is 25.4 Å². The third-order valence-corrected chi connectivity index (χ3v) is 4.74. The number of hydrogen-bond acceptors (Lipinski definition) is 6. The second-order valence-corrected chi connectivity index (χ2v) is 7.89. The van der Waals surface area contributed by atoms with Crippen LogP contribution in [0, 0.1) is 17.2 Å². The molecule has 2 aromatic carbocycles. The fourth-order valence-electron chi connectivity index (χ4n) is 3.00. The molecule has 0 bridgehead atoms. The number of carbonyl (C=O) groups is 1. The monoisotopic (exact) mass is 441 g/mol. The number of ether oxygens (including phenoxy) is 1. The summed E-state index contributed by atoms with van der Waals surface area (Å²) in [7, 11) is 0. The number of hydrogen-bond donors (Lipinski definition) is 1. The molecule has 3 rings (SSSR count). The third-order valence-electron chi connectivity index (χ3n) is 4.74. The molecule has 7 heteroatoms. The van der Waals surface area contributed by atoms with Gasteiger partial charge >= 0.3 is 0 Å². The summed E-state index contributed by atoms with van der Waals surface area (Å²) in [5, 5.41) is 11.8. The Morgan fingerprint density at radius 2 is 1.79 bits per heavy atom. The molecule has 0 saturated heterocycles. The summed E-state index contributed by atoms with van der Waals surface area (Å²) in [5.74, 6) is 1.99. The van der Waals surface area contributed by atoms with Gasteiger partial charge in [-0.2, -0.15) is 5.26 Å². The van der Waals surface area contributed by atoms with Crippen LogP contribution in [0.25, 0.3) is 0 Å². The number of nitrogens with one attached hydrogen (secondary N) is 1. The van der Waals surface area contributed by atoms with Crippen LogP contribution < -0.4 is 10.1 Å². The van der Waals surface area contributed by atoms with Gasteiger partial charge in [-0.1, -0.05) is 32.9 Å². The van der Waals surface area contributed by atoms with Crippen molar-refractivity contribution in [3.8, 4) is 17.6 Å². The zero-order chi connectivity index (χ0) is 23.6. The van der Waals surface area contributed by atoms with Crippen molar-refractivity contribution in [2.45, 2.75) is 33.1 Å². The highest BCUT2D eigenvalue weighted by Gasteiger charge is 2.20. The lowest BCUT2D eigenvalue weighted by Gasteiger charge is -2.14. The van der Waals surface area contributed by atoms with Crippen LogP contribution in [-0.2, 0) is 11.2 Å². The zero-order valence-corrected chi connectivity index (χ0v) is 19.0. The Hall–Kier alpha value is -4.05. The van der Waals surface area contributed by atoms with Gasteiger partial charge in [0.15, 0.2) is 0 Å². The summed E-state index contributed by atoms with van der Waals surface area (Å²) < 4.78 is 5.85. The largest absolute Gasteiger partial charge is 0.457 e. The van der Waals surface area contributed by atoms with E-state index in [0.29, 0.717) is 47.6 Å². The van der Waals surface area contributed by atoms with E-state index in [2.05, 4.69) is 40.2 Å². The molecule has 0 aliphatic carbocycles. The van der Waals surface area contributed by atoms with Crippen molar-refractivity contribution >= 4 is 17.9 Å². The van der Waals surface area contributed by atoms with Crippen LogP contribution in [-0.4, -0.2) is 28.6 Å². The van der Waals surface area contributed by atoms with E-state index >= 15 is 0 Å². The molecule has 0 fully saturated rings. The fourth-order valence-corrected chi connectivity index (χ4v) is 3.00. The van der Waals surface area contributed by atoms with E-state index in [-0.39, 0.29) is 5.91 Å². The van der Waals surface area contributed by atoms with Gasteiger partial charge in [-0.15, -0.1) is 0 Å². The molecule has 1 heterocycles. The minimum absolute atomic E-state index is 0.219. The summed E-state index contributed by atoms with van der Waals surface area (Å²) >= 11 is 0. The highest BCUT2D eigenvalue weighted by Crippen LogP contribution is 2.25. The van der Waals surface area contributed by atoms with Gasteiger partial charge in [0.1, 0.15) is 23.1 Å². The van der Waals surface area contributed by atoms with Crippen molar-refractivity contribution in [2.75, 3.05) is 11.9 Å². The van der Waals surface area contributed by atoms with E-state index < -0.39 is 5.92 Å². The third kappa shape index (κ3) is 6.97. The summed E-state index contributed by atoms with van der Waals surface area (Å²) in [4.78, 5) is 26.1. The van der Waals surface area contributed by atoms with E-state index in [1.165, 1.54) is 0 Å². The highest BCUT2D eigenvalue weighted by atomic mass is 16.5. The number of aryl methyl sites for hydroxylation is 1. The van der Waals surface area contributed by atoms with E-state index in [1.807, 2.05) is 31.2 Å². The van der Waals surface area contributed by atoms with Crippen LogP contribution in [0.4, 0.5) is 5.82 Å².